The topological polar surface area (TPSA) is 68.4 Å². The van der Waals surface area contributed by atoms with E-state index in [4.69, 9.17) is 0 Å². The number of rotatable bonds is 1. The van der Waals surface area contributed by atoms with Crippen LogP contribution in [0, 0.1) is 0 Å². The number of likely N-dealkylation sites (N-methyl/N-ethyl adjacent to an activating group) is 1. The molecule has 1 saturated carbocycles. The summed E-state index contributed by atoms with van der Waals surface area (Å²) in [6.07, 6.45) is 6.26. The number of aromatic amines is 1. The number of nitrogens with one attached hydrogen (secondary N) is 2. The van der Waals surface area contributed by atoms with Crippen LogP contribution in [-0.4, -0.2) is 41.5 Å². The fraction of sp³-hybridized carbons (Fsp3) is 0.385. The van der Waals surface area contributed by atoms with E-state index in [1.807, 2.05) is 49.5 Å². The molecule has 1 aliphatic carbocycles. The van der Waals surface area contributed by atoms with Gasteiger partial charge in [0.15, 0.2) is 5.54 Å². The van der Waals surface area contributed by atoms with Crippen LogP contribution in [0.15, 0.2) is 48.5 Å². The minimum absolute atomic E-state index is 0.0787. The van der Waals surface area contributed by atoms with Crippen LogP contribution in [0.25, 0.3) is 10.9 Å². The number of urea groups is 1. The summed E-state index contributed by atoms with van der Waals surface area (Å²) in [4.78, 5) is 34.9. The third-order valence-electron chi connectivity index (χ3n) is 7.61. The summed E-state index contributed by atoms with van der Waals surface area (Å²) in [5, 5.41) is 4.41. The van der Waals surface area contributed by atoms with Gasteiger partial charge in [0.25, 0.3) is 5.91 Å². The van der Waals surface area contributed by atoms with Crippen LogP contribution in [-0.2, 0) is 16.8 Å². The number of benzene rings is 2. The highest BCUT2D eigenvalue weighted by Gasteiger charge is 2.60. The van der Waals surface area contributed by atoms with E-state index in [-0.39, 0.29) is 18.0 Å². The summed E-state index contributed by atoms with van der Waals surface area (Å²) in [5.74, 6) is -0.0787. The Kier molecular flexibility index (Phi) is 4.32. The third-order valence-corrected chi connectivity index (χ3v) is 7.61. The largest absolute Gasteiger partial charge is 0.355 e. The molecule has 0 unspecified atom stereocenters. The zero-order valence-electron chi connectivity index (χ0n) is 18.4. The first-order chi connectivity index (χ1) is 15.6. The number of anilines is 1. The molecular formula is C26H28N4O2. The quantitative estimate of drug-likeness (QED) is 0.607. The molecule has 1 spiro atoms. The van der Waals surface area contributed by atoms with Crippen molar-refractivity contribution in [1.29, 1.82) is 0 Å². The maximum absolute atomic E-state index is 14.1. The summed E-state index contributed by atoms with van der Waals surface area (Å²) in [6.45, 7) is 0.501. The molecule has 3 heterocycles. The van der Waals surface area contributed by atoms with Crippen LogP contribution < -0.4 is 10.2 Å². The minimum atomic E-state index is -1.17. The smallest absolute Gasteiger partial charge is 0.319 e. The molecule has 6 nitrogen and oxygen atoms in total. The van der Waals surface area contributed by atoms with Crippen molar-refractivity contribution in [2.24, 2.45) is 0 Å². The number of hydrogen-bond acceptors (Lipinski definition) is 2. The van der Waals surface area contributed by atoms with Crippen LogP contribution in [0.5, 0.6) is 0 Å². The molecule has 2 N–H and O–H groups in total. The number of hydrogen-bond donors (Lipinski definition) is 2. The van der Waals surface area contributed by atoms with E-state index in [1.165, 1.54) is 6.42 Å². The number of para-hydroxylation sites is 2. The van der Waals surface area contributed by atoms with E-state index in [0.29, 0.717) is 6.54 Å². The van der Waals surface area contributed by atoms with Gasteiger partial charge < -0.3 is 20.1 Å². The second-order valence-corrected chi connectivity index (χ2v) is 9.30. The highest BCUT2D eigenvalue weighted by atomic mass is 16.2. The first-order valence-corrected chi connectivity index (χ1v) is 11.7. The molecule has 1 aromatic heterocycles. The van der Waals surface area contributed by atoms with Gasteiger partial charge in [0.1, 0.15) is 0 Å². The first-order valence-electron chi connectivity index (χ1n) is 11.7. The van der Waals surface area contributed by atoms with Crippen molar-refractivity contribution < 1.29 is 9.59 Å². The second kappa shape index (κ2) is 7.12. The molecule has 3 aromatic rings. The number of carbonyl (C=O) groups excluding carboxylic acids is 2. The Morgan fingerprint density at radius 3 is 2.66 bits per heavy atom. The summed E-state index contributed by atoms with van der Waals surface area (Å²) >= 11 is 0. The predicted molar refractivity (Wildman–Crippen MR) is 125 cm³/mol. The standard InChI is InChI=1S/C26H28N4O2/c1-29-22-14-8-6-12-20(22)26(24(29)31)23-19(18-11-5-7-13-21(18)28-23)15-16-30(26)25(32)27-17-9-3-2-4-10-17/h5-8,11-14,17,28H,2-4,9-10,15-16H2,1H3,(H,27,32)/t26-/m1/s1. The van der Waals surface area contributed by atoms with E-state index >= 15 is 0 Å². The molecule has 2 aromatic carbocycles. The molecule has 0 radical (unpaired) electrons. The average Bonchev–Trinajstić information content (AvgIpc) is 3.31. The molecular weight excluding hydrogens is 400 g/mol. The number of amides is 3. The Balaban J connectivity index is 1.55. The lowest BCUT2D eigenvalue weighted by atomic mass is 9.80. The van der Waals surface area contributed by atoms with Crippen LogP contribution in [0.3, 0.4) is 0 Å². The predicted octanol–water partition coefficient (Wildman–Crippen LogP) is 4.29. The van der Waals surface area contributed by atoms with Crippen molar-refractivity contribution in [3.8, 4) is 0 Å². The molecule has 0 saturated heterocycles. The fourth-order valence-corrected chi connectivity index (χ4v) is 6.09. The number of carbonyl (C=O) groups is 2. The summed E-state index contributed by atoms with van der Waals surface area (Å²) in [5.41, 5.74) is 3.55. The maximum Gasteiger partial charge on any atom is 0.319 e. The Labute approximate surface area is 187 Å². The Hall–Kier alpha value is -3.28. The molecule has 6 heteroatoms. The third kappa shape index (κ3) is 2.52. The van der Waals surface area contributed by atoms with E-state index in [9.17, 15) is 9.59 Å². The molecule has 1 atom stereocenters. The van der Waals surface area contributed by atoms with Crippen LogP contribution in [0.1, 0.15) is 48.9 Å². The Morgan fingerprint density at radius 2 is 1.81 bits per heavy atom. The highest BCUT2D eigenvalue weighted by Crippen LogP contribution is 2.51. The van der Waals surface area contributed by atoms with Gasteiger partial charge in [0, 0.05) is 41.8 Å². The summed E-state index contributed by atoms with van der Waals surface area (Å²) in [6, 6.07) is 16.1. The van der Waals surface area contributed by atoms with E-state index in [1.54, 1.807) is 9.80 Å². The summed E-state index contributed by atoms with van der Waals surface area (Å²) in [7, 11) is 1.81. The van der Waals surface area contributed by atoms with Crippen molar-refractivity contribution in [3.05, 3.63) is 65.4 Å². The number of fused-ring (bicyclic) bond motifs is 6. The van der Waals surface area contributed by atoms with Gasteiger partial charge in [-0.05, 0) is 37.0 Å². The van der Waals surface area contributed by atoms with Gasteiger partial charge in [-0.2, -0.15) is 0 Å². The highest BCUT2D eigenvalue weighted by molar-refractivity contribution is 6.12. The molecule has 1 fully saturated rings. The number of nitrogens with zero attached hydrogens (tertiary/aromatic N) is 2. The van der Waals surface area contributed by atoms with Gasteiger partial charge in [0.2, 0.25) is 0 Å². The first kappa shape index (κ1) is 19.4. The SMILES string of the molecule is CN1C(=O)[C@@]2(c3ccccc31)c1[nH]c3ccccc3c1CCN2C(=O)NC1CCCCC1. The number of aromatic nitrogens is 1. The summed E-state index contributed by atoms with van der Waals surface area (Å²) < 4.78 is 0. The van der Waals surface area contributed by atoms with Crippen molar-refractivity contribution in [2.45, 2.75) is 50.1 Å². The molecule has 2 aliphatic heterocycles. The molecule has 164 valence electrons. The molecule has 3 aliphatic rings. The van der Waals surface area contributed by atoms with Gasteiger partial charge in [0.05, 0.1) is 5.69 Å². The van der Waals surface area contributed by atoms with Gasteiger partial charge in [-0.1, -0.05) is 55.7 Å². The maximum atomic E-state index is 14.1. The van der Waals surface area contributed by atoms with Gasteiger partial charge in [-0.3, -0.25) is 4.79 Å². The lowest BCUT2D eigenvalue weighted by Gasteiger charge is -2.44. The second-order valence-electron chi connectivity index (χ2n) is 9.30. The van der Waals surface area contributed by atoms with E-state index < -0.39 is 5.54 Å². The lowest BCUT2D eigenvalue weighted by molar-refractivity contribution is -0.126. The van der Waals surface area contributed by atoms with Crippen molar-refractivity contribution in [3.63, 3.8) is 0 Å². The number of H-pyrrole nitrogens is 1. The fourth-order valence-electron chi connectivity index (χ4n) is 6.09. The van der Waals surface area contributed by atoms with E-state index in [0.717, 1.165) is 65.5 Å². The van der Waals surface area contributed by atoms with Crippen molar-refractivity contribution in [1.82, 2.24) is 15.2 Å². The van der Waals surface area contributed by atoms with Gasteiger partial charge >= 0.3 is 6.03 Å². The molecule has 3 amide bonds. The van der Waals surface area contributed by atoms with Crippen molar-refractivity contribution in [2.75, 3.05) is 18.5 Å². The van der Waals surface area contributed by atoms with E-state index in [2.05, 4.69) is 16.4 Å². The molecule has 32 heavy (non-hydrogen) atoms. The Morgan fingerprint density at radius 1 is 1.06 bits per heavy atom. The average molecular weight is 429 g/mol. The van der Waals surface area contributed by atoms with Crippen LogP contribution in [0.2, 0.25) is 0 Å². The van der Waals surface area contributed by atoms with Gasteiger partial charge in [-0.15, -0.1) is 0 Å². The van der Waals surface area contributed by atoms with Gasteiger partial charge in [-0.25, -0.2) is 4.79 Å². The zero-order chi connectivity index (χ0) is 21.9. The minimum Gasteiger partial charge on any atom is -0.355 e. The Bertz CT molecular complexity index is 1230. The van der Waals surface area contributed by atoms with Crippen molar-refractivity contribution >= 4 is 28.5 Å². The zero-order valence-corrected chi connectivity index (χ0v) is 18.4. The molecule has 6 rings (SSSR count). The van der Waals surface area contributed by atoms with Crippen LogP contribution in [0.4, 0.5) is 10.5 Å². The monoisotopic (exact) mass is 428 g/mol. The lowest BCUT2D eigenvalue weighted by Crippen LogP contribution is -2.62. The van der Waals surface area contributed by atoms with Crippen LogP contribution >= 0.6 is 0 Å². The molecule has 0 bridgehead atoms. The normalized spacial score (nSPS) is 23.0.